The van der Waals surface area contributed by atoms with E-state index in [1.807, 2.05) is 0 Å². The van der Waals surface area contributed by atoms with E-state index >= 15 is 0 Å². The van der Waals surface area contributed by atoms with Gasteiger partial charge in [-0.3, -0.25) is 4.98 Å². The number of pyridine rings is 1. The molecule has 1 aliphatic carbocycles. The number of hydrogen-bond acceptors (Lipinski definition) is 3. The fourth-order valence-electron chi connectivity index (χ4n) is 3.93. The van der Waals surface area contributed by atoms with Crippen molar-refractivity contribution in [2.45, 2.75) is 32.8 Å². The van der Waals surface area contributed by atoms with Gasteiger partial charge in [-0.1, -0.05) is 11.6 Å². The van der Waals surface area contributed by atoms with E-state index < -0.39 is 17.6 Å². The highest BCUT2D eigenvalue weighted by atomic mass is 35.5. The minimum atomic E-state index is -1.02. The molecule has 0 amide bonds. The molecule has 0 spiro atoms. The Morgan fingerprint density at radius 2 is 1.91 bits per heavy atom. The molecular weight excluding hydrogens is 436 g/mol. The maximum Gasteiger partial charge on any atom is 0.337 e. The number of nitrogens with zero attached hydrogens (tertiary/aromatic N) is 1. The van der Waals surface area contributed by atoms with E-state index in [9.17, 15) is 18.7 Å². The summed E-state index contributed by atoms with van der Waals surface area (Å²) in [4.78, 5) is 15.8. The first kappa shape index (κ1) is 22.0. The van der Waals surface area contributed by atoms with Gasteiger partial charge in [-0.25, -0.2) is 13.6 Å². The van der Waals surface area contributed by atoms with Gasteiger partial charge in [0.2, 0.25) is 0 Å². The SMILES string of the molecule is Cc1ncc(C2=C(c3cc(Cl)ccc3OCc3ccc(F)cc3F)CCC2)cc1C(=O)O. The number of hydrogen-bond donors (Lipinski definition) is 1. The van der Waals surface area contributed by atoms with Gasteiger partial charge in [-0.15, -0.1) is 0 Å². The Labute approximate surface area is 189 Å². The Bertz CT molecular complexity index is 1240. The van der Waals surface area contributed by atoms with Crippen molar-refractivity contribution in [2.75, 3.05) is 0 Å². The van der Waals surface area contributed by atoms with Crippen molar-refractivity contribution in [1.29, 1.82) is 0 Å². The van der Waals surface area contributed by atoms with Gasteiger partial charge in [0.25, 0.3) is 0 Å². The van der Waals surface area contributed by atoms with Crippen LogP contribution in [0.1, 0.15) is 52.0 Å². The number of aromatic carboxylic acids is 1. The van der Waals surface area contributed by atoms with Crippen LogP contribution in [0.3, 0.4) is 0 Å². The predicted molar refractivity (Wildman–Crippen MR) is 119 cm³/mol. The molecule has 1 heterocycles. The third kappa shape index (κ3) is 4.50. The number of aromatic nitrogens is 1. The molecule has 0 radical (unpaired) electrons. The van der Waals surface area contributed by atoms with Crippen LogP contribution in [0.4, 0.5) is 8.78 Å². The van der Waals surface area contributed by atoms with E-state index in [1.54, 1.807) is 37.4 Å². The van der Waals surface area contributed by atoms with Gasteiger partial charge in [0.15, 0.2) is 0 Å². The van der Waals surface area contributed by atoms with Crippen LogP contribution in [0, 0.1) is 18.6 Å². The molecule has 0 unspecified atom stereocenters. The monoisotopic (exact) mass is 455 g/mol. The summed E-state index contributed by atoms with van der Waals surface area (Å²) in [6, 6.07) is 10.2. The highest BCUT2D eigenvalue weighted by Crippen LogP contribution is 2.43. The second-order valence-electron chi connectivity index (χ2n) is 7.64. The van der Waals surface area contributed by atoms with Crippen LogP contribution < -0.4 is 4.74 Å². The number of allylic oxidation sites excluding steroid dienone is 2. The Hall–Kier alpha value is -3.25. The minimum Gasteiger partial charge on any atom is -0.488 e. The van der Waals surface area contributed by atoms with Gasteiger partial charge < -0.3 is 9.84 Å². The van der Waals surface area contributed by atoms with E-state index in [2.05, 4.69) is 4.98 Å². The van der Waals surface area contributed by atoms with Crippen LogP contribution >= 0.6 is 11.6 Å². The predicted octanol–water partition coefficient (Wildman–Crippen LogP) is 6.69. The molecule has 1 aliphatic rings. The molecule has 1 aromatic heterocycles. The molecule has 7 heteroatoms. The van der Waals surface area contributed by atoms with Gasteiger partial charge in [-0.2, -0.15) is 0 Å². The molecule has 0 aliphatic heterocycles. The first-order valence-electron chi connectivity index (χ1n) is 10.1. The van der Waals surface area contributed by atoms with Crippen molar-refractivity contribution in [3.05, 3.63) is 93.3 Å². The maximum atomic E-state index is 14.0. The Balaban J connectivity index is 1.73. The smallest absolute Gasteiger partial charge is 0.337 e. The van der Waals surface area contributed by atoms with E-state index in [0.29, 0.717) is 16.5 Å². The molecule has 0 bridgehead atoms. The summed E-state index contributed by atoms with van der Waals surface area (Å²) < 4.78 is 33.1. The summed E-state index contributed by atoms with van der Waals surface area (Å²) in [6.45, 7) is 1.59. The minimum absolute atomic E-state index is 0.0708. The van der Waals surface area contributed by atoms with Crippen molar-refractivity contribution in [3.63, 3.8) is 0 Å². The van der Waals surface area contributed by atoms with Crippen molar-refractivity contribution in [1.82, 2.24) is 4.98 Å². The molecule has 4 nitrogen and oxygen atoms in total. The first-order valence-corrected chi connectivity index (χ1v) is 10.5. The lowest BCUT2D eigenvalue weighted by molar-refractivity contribution is 0.0695. The number of ether oxygens (including phenoxy) is 1. The van der Waals surface area contributed by atoms with Gasteiger partial charge in [-0.05, 0) is 79.3 Å². The Morgan fingerprint density at radius 1 is 1.12 bits per heavy atom. The number of carboxylic acid groups (broad SMARTS) is 1. The van der Waals surface area contributed by atoms with Gasteiger partial charge >= 0.3 is 5.97 Å². The molecule has 0 atom stereocenters. The van der Waals surface area contributed by atoms with Crippen molar-refractivity contribution >= 4 is 28.7 Å². The van der Waals surface area contributed by atoms with Crippen LogP contribution in [0.15, 0.2) is 48.7 Å². The average molecular weight is 456 g/mol. The largest absolute Gasteiger partial charge is 0.488 e. The second-order valence-corrected chi connectivity index (χ2v) is 8.07. The van der Waals surface area contributed by atoms with Crippen LogP contribution in [-0.4, -0.2) is 16.1 Å². The lowest BCUT2D eigenvalue weighted by atomic mass is 9.96. The summed E-state index contributed by atoms with van der Waals surface area (Å²) in [5, 5.41) is 9.99. The van der Waals surface area contributed by atoms with Crippen molar-refractivity contribution < 1.29 is 23.4 Å². The van der Waals surface area contributed by atoms with E-state index in [0.717, 1.165) is 47.6 Å². The molecule has 0 saturated heterocycles. The summed E-state index contributed by atoms with van der Waals surface area (Å²) in [7, 11) is 0. The third-order valence-corrected chi connectivity index (χ3v) is 5.78. The van der Waals surface area contributed by atoms with Crippen LogP contribution in [0.25, 0.3) is 11.1 Å². The fraction of sp³-hybridized carbons (Fsp3) is 0.200. The lowest BCUT2D eigenvalue weighted by Gasteiger charge is -2.16. The highest BCUT2D eigenvalue weighted by Gasteiger charge is 2.23. The normalized spacial score (nSPS) is 13.5. The van der Waals surface area contributed by atoms with Crippen molar-refractivity contribution in [2.24, 2.45) is 0 Å². The zero-order valence-corrected chi connectivity index (χ0v) is 18.0. The van der Waals surface area contributed by atoms with Crippen LogP contribution in [0.5, 0.6) is 5.75 Å². The average Bonchev–Trinajstić information content (AvgIpc) is 3.23. The quantitative estimate of drug-likeness (QED) is 0.449. The molecule has 1 N–H and O–H groups in total. The fourth-order valence-corrected chi connectivity index (χ4v) is 4.10. The number of halogens is 3. The van der Waals surface area contributed by atoms with Crippen LogP contribution in [-0.2, 0) is 6.61 Å². The number of carboxylic acids is 1. The number of rotatable bonds is 6. The molecule has 0 saturated carbocycles. The summed E-state index contributed by atoms with van der Waals surface area (Å²) in [6.07, 6.45) is 4.09. The zero-order valence-electron chi connectivity index (χ0n) is 17.3. The third-order valence-electron chi connectivity index (χ3n) is 5.55. The summed E-state index contributed by atoms with van der Waals surface area (Å²) >= 11 is 6.27. The van der Waals surface area contributed by atoms with Gasteiger partial charge in [0.1, 0.15) is 24.0 Å². The van der Waals surface area contributed by atoms with Gasteiger partial charge in [0, 0.05) is 28.4 Å². The first-order chi connectivity index (χ1) is 15.3. The second kappa shape index (κ2) is 9.09. The molecule has 3 aromatic rings. The number of carbonyl (C=O) groups is 1. The molecular formula is C25H20ClF2NO3. The van der Waals surface area contributed by atoms with E-state index in [-0.39, 0.29) is 17.7 Å². The Morgan fingerprint density at radius 3 is 2.66 bits per heavy atom. The summed E-state index contributed by atoms with van der Waals surface area (Å²) in [5.41, 5.74) is 4.34. The molecule has 0 fully saturated rings. The summed E-state index contributed by atoms with van der Waals surface area (Å²) in [5.74, 6) is -1.82. The van der Waals surface area contributed by atoms with Crippen LogP contribution in [0.2, 0.25) is 5.02 Å². The molecule has 164 valence electrons. The topological polar surface area (TPSA) is 59.4 Å². The van der Waals surface area contributed by atoms with Crippen molar-refractivity contribution in [3.8, 4) is 5.75 Å². The Kier molecular flexibility index (Phi) is 6.24. The lowest BCUT2D eigenvalue weighted by Crippen LogP contribution is -2.03. The maximum absolute atomic E-state index is 14.0. The zero-order chi connectivity index (χ0) is 22.8. The number of aryl methyl sites for hydroxylation is 1. The standard InChI is InChI=1S/C25H20ClF2NO3/c1-14-21(25(30)31)9-16(12-29-14)19-3-2-4-20(19)22-10-17(26)6-8-24(22)32-13-15-5-7-18(27)11-23(15)28/h5-12H,2-4,13H2,1H3,(H,30,31). The van der Waals surface area contributed by atoms with E-state index in [1.165, 1.54) is 12.1 Å². The highest BCUT2D eigenvalue weighted by molar-refractivity contribution is 6.30. The molecule has 2 aromatic carbocycles. The molecule has 4 rings (SSSR count). The molecule has 32 heavy (non-hydrogen) atoms. The van der Waals surface area contributed by atoms with Gasteiger partial charge in [0.05, 0.1) is 11.3 Å². The van der Waals surface area contributed by atoms with E-state index in [4.69, 9.17) is 16.3 Å². The number of benzene rings is 2.